The molecule has 1 aliphatic heterocycles. The van der Waals surface area contributed by atoms with Gasteiger partial charge in [-0.1, -0.05) is 13.0 Å². The third-order valence-corrected chi connectivity index (χ3v) is 3.80. The van der Waals surface area contributed by atoms with E-state index in [1.165, 1.54) is 6.07 Å². The minimum Gasteiger partial charge on any atom is -0.376 e. The summed E-state index contributed by atoms with van der Waals surface area (Å²) < 4.78 is 24.9. The second kappa shape index (κ2) is 7.33. The van der Waals surface area contributed by atoms with Crippen LogP contribution in [0.5, 0.6) is 0 Å². The third-order valence-electron chi connectivity index (χ3n) is 3.20. The van der Waals surface area contributed by atoms with E-state index >= 15 is 0 Å². The number of hydrogen-bond donors (Lipinski definition) is 1. The van der Waals surface area contributed by atoms with Gasteiger partial charge in [-0.25, -0.2) is 4.39 Å². The van der Waals surface area contributed by atoms with E-state index in [4.69, 9.17) is 9.47 Å². The van der Waals surface area contributed by atoms with E-state index in [-0.39, 0.29) is 18.0 Å². The van der Waals surface area contributed by atoms with Crippen molar-refractivity contribution in [3.05, 3.63) is 34.1 Å². The van der Waals surface area contributed by atoms with Gasteiger partial charge in [0.1, 0.15) is 5.82 Å². The standard InChI is InChI=1S/C14H19BrFNO2/c1-2-17-13(14-9-18-5-6-19-14)8-10-3-4-12(16)11(15)7-10/h3-4,7,13-14,17H,2,5-6,8-9H2,1H3. The summed E-state index contributed by atoms with van der Waals surface area (Å²) in [4.78, 5) is 0. The molecule has 1 N–H and O–H groups in total. The van der Waals surface area contributed by atoms with E-state index in [2.05, 4.69) is 28.2 Å². The Bertz CT molecular complexity index is 410. The van der Waals surface area contributed by atoms with Crippen LogP contribution in [0.4, 0.5) is 4.39 Å². The first kappa shape index (κ1) is 14.9. The first-order valence-corrected chi connectivity index (χ1v) is 7.36. The fraction of sp³-hybridized carbons (Fsp3) is 0.571. The van der Waals surface area contributed by atoms with Crippen molar-refractivity contribution in [1.29, 1.82) is 0 Å². The Morgan fingerprint density at radius 3 is 2.95 bits per heavy atom. The molecule has 2 unspecified atom stereocenters. The van der Waals surface area contributed by atoms with Gasteiger partial charge in [0, 0.05) is 6.04 Å². The molecule has 0 radical (unpaired) electrons. The molecule has 19 heavy (non-hydrogen) atoms. The smallest absolute Gasteiger partial charge is 0.137 e. The molecule has 1 saturated heterocycles. The summed E-state index contributed by atoms with van der Waals surface area (Å²) in [5.41, 5.74) is 1.08. The number of hydrogen-bond acceptors (Lipinski definition) is 3. The van der Waals surface area contributed by atoms with Crippen LogP contribution in [0.2, 0.25) is 0 Å². The van der Waals surface area contributed by atoms with Crippen LogP contribution in [-0.4, -0.2) is 38.5 Å². The van der Waals surface area contributed by atoms with Gasteiger partial charge in [0.15, 0.2) is 0 Å². The van der Waals surface area contributed by atoms with E-state index in [9.17, 15) is 4.39 Å². The first-order valence-electron chi connectivity index (χ1n) is 6.57. The van der Waals surface area contributed by atoms with Gasteiger partial charge in [-0.2, -0.15) is 0 Å². The third kappa shape index (κ3) is 4.24. The van der Waals surface area contributed by atoms with Crippen molar-refractivity contribution in [2.45, 2.75) is 25.5 Å². The molecule has 0 spiro atoms. The summed E-state index contributed by atoms with van der Waals surface area (Å²) >= 11 is 3.22. The summed E-state index contributed by atoms with van der Waals surface area (Å²) in [5, 5.41) is 3.42. The number of nitrogens with one attached hydrogen (secondary N) is 1. The molecule has 1 aliphatic rings. The van der Waals surface area contributed by atoms with Crippen LogP contribution in [0.15, 0.2) is 22.7 Å². The zero-order valence-electron chi connectivity index (χ0n) is 11.0. The molecular formula is C14H19BrFNO2. The first-order chi connectivity index (χ1) is 9.20. The average Bonchev–Trinajstić information content (AvgIpc) is 2.43. The maximum absolute atomic E-state index is 13.2. The van der Waals surface area contributed by atoms with Crippen molar-refractivity contribution >= 4 is 15.9 Å². The minimum absolute atomic E-state index is 0.0533. The van der Waals surface area contributed by atoms with Crippen LogP contribution in [0, 0.1) is 5.82 Å². The average molecular weight is 332 g/mol. The van der Waals surface area contributed by atoms with Crippen molar-refractivity contribution in [1.82, 2.24) is 5.32 Å². The topological polar surface area (TPSA) is 30.5 Å². The maximum atomic E-state index is 13.2. The molecule has 5 heteroatoms. The van der Waals surface area contributed by atoms with Crippen molar-refractivity contribution in [2.75, 3.05) is 26.4 Å². The molecule has 1 aromatic carbocycles. The molecule has 0 aromatic heterocycles. The largest absolute Gasteiger partial charge is 0.376 e. The molecule has 106 valence electrons. The van der Waals surface area contributed by atoms with Gasteiger partial charge in [-0.05, 0) is 46.6 Å². The van der Waals surface area contributed by atoms with Crippen molar-refractivity contribution in [2.24, 2.45) is 0 Å². The molecule has 2 rings (SSSR count). The Kier molecular flexibility index (Phi) is 5.76. The molecule has 1 aromatic rings. The SMILES string of the molecule is CCNC(Cc1ccc(F)c(Br)c1)C1COCCO1. The zero-order valence-corrected chi connectivity index (χ0v) is 12.6. The zero-order chi connectivity index (χ0) is 13.7. The van der Waals surface area contributed by atoms with Gasteiger partial charge in [-0.3, -0.25) is 0 Å². The summed E-state index contributed by atoms with van der Waals surface area (Å²) in [6.07, 6.45) is 0.846. The predicted octanol–water partition coefficient (Wildman–Crippen LogP) is 2.52. The Morgan fingerprint density at radius 1 is 1.47 bits per heavy atom. The number of benzene rings is 1. The maximum Gasteiger partial charge on any atom is 0.137 e. The van der Waals surface area contributed by atoms with Crippen molar-refractivity contribution in [3.63, 3.8) is 0 Å². The Balaban J connectivity index is 2.04. The fourth-order valence-corrected chi connectivity index (χ4v) is 2.68. The van der Waals surface area contributed by atoms with Gasteiger partial charge in [0.05, 0.1) is 30.4 Å². The predicted molar refractivity (Wildman–Crippen MR) is 75.8 cm³/mol. The number of likely N-dealkylation sites (N-methyl/N-ethyl adjacent to an activating group) is 1. The highest BCUT2D eigenvalue weighted by atomic mass is 79.9. The van der Waals surface area contributed by atoms with Crippen LogP contribution in [0.3, 0.4) is 0 Å². The second-order valence-corrected chi connectivity index (χ2v) is 5.46. The van der Waals surface area contributed by atoms with Gasteiger partial charge in [0.25, 0.3) is 0 Å². The lowest BCUT2D eigenvalue weighted by atomic mass is 10.0. The summed E-state index contributed by atoms with van der Waals surface area (Å²) in [6, 6.07) is 5.31. The highest BCUT2D eigenvalue weighted by molar-refractivity contribution is 9.10. The Hall–Kier alpha value is -0.490. The number of halogens is 2. The van der Waals surface area contributed by atoms with Gasteiger partial charge >= 0.3 is 0 Å². The minimum atomic E-state index is -0.235. The highest BCUT2D eigenvalue weighted by Gasteiger charge is 2.24. The lowest BCUT2D eigenvalue weighted by Gasteiger charge is -2.31. The summed E-state index contributed by atoms with van der Waals surface area (Å²) in [7, 11) is 0. The quantitative estimate of drug-likeness (QED) is 0.899. The van der Waals surface area contributed by atoms with E-state index in [0.29, 0.717) is 24.3 Å². The van der Waals surface area contributed by atoms with E-state index in [1.54, 1.807) is 0 Å². The van der Waals surface area contributed by atoms with Crippen LogP contribution < -0.4 is 5.32 Å². The van der Waals surface area contributed by atoms with Gasteiger partial charge < -0.3 is 14.8 Å². The second-order valence-electron chi connectivity index (χ2n) is 4.60. The summed E-state index contributed by atoms with van der Waals surface area (Å²) in [5.74, 6) is -0.235. The lowest BCUT2D eigenvalue weighted by Crippen LogP contribution is -2.47. The van der Waals surface area contributed by atoms with E-state index in [1.807, 2.05) is 12.1 Å². The molecule has 0 saturated carbocycles. The van der Waals surface area contributed by atoms with E-state index < -0.39 is 0 Å². The monoisotopic (exact) mass is 331 g/mol. The van der Waals surface area contributed by atoms with Gasteiger partial charge in [0.2, 0.25) is 0 Å². The van der Waals surface area contributed by atoms with Crippen LogP contribution >= 0.6 is 15.9 Å². The summed E-state index contributed by atoms with van der Waals surface area (Å²) in [6.45, 7) is 4.85. The Labute approximate surface area is 121 Å². The molecule has 3 nitrogen and oxygen atoms in total. The normalized spacial score (nSPS) is 21.3. The molecule has 1 fully saturated rings. The van der Waals surface area contributed by atoms with Crippen molar-refractivity contribution in [3.8, 4) is 0 Å². The Morgan fingerprint density at radius 2 is 2.32 bits per heavy atom. The van der Waals surface area contributed by atoms with Gasteiger partial charge in [-0.15, -0.1) is 0 Å². The van der Waals surface area contributed by atoms with Crippen LogP contribution in [-0.2, 0) is 15.9 Å². The number of ether oxygens (including phenoxy) is 2. The number of rotatable bonds is 5. The molecule has 0 bridgehead atoms. The molecule has 0 aliphatic carbocycles. The highest BCUT2D eigenvalue weighted by Crippen LogP contribution is 2.19. The van der Waals surface area contributed by atoms with Crippen molar-refractivity contribution < 1.29 is 13.9 Å². The molecule has 0 amide bonds. The van der Waals surface area contributed by atoms with Crippen LogP contribution in [0.1, 0.15) is 12.5 Å². The fourth-order valence-electron chi connectivity index (χ4n) is 2.26. The lowest BCUT2D eigenvalue weighted by molar-refractivity contribution is -0.101. The van der Waals surface area contributed by atoms with E-state index in [0.717, 1.165) is 18.5 Å². The molecule has 1 heterocycles. The van der Waals surface area contributed by atoms with Crippen LogP contribution in [0.25, 0.3) is 0 Å². The molecular weight excluding hydrogens is 313 g/mol. The molecule has 2 atom stereocenters.